The second kappa shape index (κ2) is 4.65. The monoisotopic (exact) mass is 211 g/mol. The van der Waals surface area contributed by atoms with E-state index in [9.17, 15) is 14.0 Å². The standard InChI is InChI=1S/C10H10FNO3/c11-7-3-1-2-6(4-7)9(13)5-8(12)10(14)15/h1-4,8H,5,12H2,(H,14,15)/t8-/m0/s1. The van der Waals surface area contributed by atoms with Crippen LogP contribution in [0.1, 0.15) is 16.8 Å². The molecule has 0 spiro atoms. The summed E-state index contributed by atoms with van der Waals surface area (Å²) < 4.78 is 12.7. The van der Waals surface area contributed by atoms with Crippen molar-refractivity contribution < 1.29 is 19.1 Å². The Morgan fingerprint density at radius 2 is 2.13 bits per heavy atom. The van der Waals surface area contributed by atoms with E-state index in [2.05, 4.69) is 0 Å². The van der Waals surface area contributed by atoms with Gasteiger partial charge in [0.2, 0.25) is 0 Å². The Hall–Kier alpha value is -1.75. The number of aliphatic carboxylic acids is 1. The second-order valence-corrected chi connectivity index (χ2v) is 3.08. The van der Waals surface area contributed by atoms with Crippen molar-refractivity contribution in [3.05, 3.63) is 35.6 Å². The SMILES string of the molecule is N[C@@H](CC(=O)c1cccc(F)c1)C(=O)O. The molecule has 5 heteroatoms. The number of carboxylic acid groups (broad SMARTS) is 1. The number of nitrogens with two attached hydrogens (primary N) is 1. The van der Waals surface area contributed by atoms with Gasteiger partial charge >= 0.3 is 5.97 Å². The Bertz CT molecular complexity index is 392. The van der Waals surface area contributed by atoms with Crippen LogP contribution in [0, 0.1) is 5.82 Å². The quantitative estimate of drug-likeness (QED) is 0.722. The van der Waals surface area contributed by atoms with Crippen molar-refractivity contribution in [3.63, 3.8) is 0 Å². The van der Waals surface area contributed by atoms with Gasteiger partial charge in [-0.3, -0.25) is 9.59 Å². The fourth-order valence-corrected chi connectivity index (χ4v) is 1.07. The minimum atomic E-state index is -1.25. The van der Waals surface area contributed by atoms with Crippen LogP contribution in [0.15, 0.2) is 24.3 Å². The van der Waals surface area contributed by atoms with E-state index in [0.717, 1.165) is 6.07 Å². The second-order valence-electron chi connectivity index (χ2n) is 3.08. The molecule has 0 aliphatic carbocycles. The van der Waals surface area contributed by atoms with Crippen LogP contribution in [0.5, 0.6) is 0 Å². The summed E-state index contributed by atoms with van der Waals surface area (Å²) in [6, 6.07) is 3.81. The Morgan fingerprint density at radius 3 is 2.67 bits per heavy atom. The molecule has 0 aliphatic heterocycles. The molecule has 15 heavy (non-hydrogen) atoms. The number of rotatable bonds is 4. The van der Waals surface area contributed by atoms with Crippen LogP contribution in [-0.2, 0) is 4.79 Å². The van der Waals surface area contributed by atoms with Gasteiger partial charge in [-0.15, -0.1) is 0 Å². The highest BCUT2D eigenvalue weighted by Crippen LogP contribution is 2.07. The van der Waals surface area contributed by atoms with Crippen LogP contribution in [0.25, 0.3) is 0 Å². The number of halogens is 1. The largest absolute Gasteiger partial charge is 0.480 e. The highest BCUT2D eigenvalue weighted by molar-refractivity contribution is 5.98. The van der Waals surface area contributed by atoms with E-state index in [1.165, 1.54) is 18.2 Å². The Labute approximate surface area is 85.5 Å². The lowest BCUT2D eigenvalue weighted by atomic mass is 10.0. The predicted molar refractivity (Wildman–Crippen MR) is 51.0 cm³/mol. The maximum Gasteiger partial charge on any atom is 0.320 e. The zero-order valence-electron chi connectivity index (χ0n) is 7.81. The number of carbonyl (C=O) groups is 2. The smallest absolute Gasteiger partial charge is 0.320 e. The van der Waals surface area contributed by atoms with Gasteiger partial charge < -0.3 is 10.8 Å². The third-order valence-electron chi connectivity index (χ3n) is 1.87. The van der Waals surface area contributed by atoms with Crippen molar-refractivity contribution in [1.29, 1.82) is 0 Å². The highest BCUT2D eigenvalue weighted by atomic mass is 19.1. The van der Waals surface area contributed by atoms with Gasteiger partial charge in [0.15, 0.2) is 5.78 Å². The molecule has 1 atom stereocenters. The fourth-order valence-electron chi connectivity index (χ4n) is 1.07. The zero-order valence-corrected chi connectivity index (χ0v) is 7.81. The van der Waals surface area contributed by atoms with Crippen LogP contribution in [-0.4, -0.2) is 22.9 Å². The molecule has 0 amide bonds. The molecule has 1 aromatic carbocycles. The molecule has 3 N–H and O–H groups in total. The molecule has 0 unspecified atom stereocenters. The first-order valence-corrected chi connectivity index (χ1v) is 4.28. The Kier molecular flexibility index (Phi) is 3.51. The van der Waals surface area contributed by atoms with E-state index < -0.39 is 23.6 Å². The van der Waals surface area contributed by atoms with E-state index in [-0.39, 0.29) is 12.0 Å². The van der Waals surface area contributed by atoms with Crippen molar-refractivity contribution in [1.82, 2.24) is 0 Å². The third kappa shape index (κ3) is 3.14. The highest BCUT2D eigenvalue weighted by Gasteiger charge is 2.17. The van der Waals surface area contributed by atoms with E-state index >= 15 is 0 Å². The molecule has 0 heterocycles. The molecule has 80 valence electrons. The summed E-state index contributed by atoms with van der Waals surface area (Å²) in [5, 5.41) is 8.48. The van der Waals surface area contributed by atoms with Gasteiger partial charge in [0.25, 0.3) is 0 Å². The van der Waals surface area contributed by atoms with Crippen LogP contribution in [0.3, 0.4) is 0 Å². The van der Waals surface area contributed by atoms with Gasteiger partial charge in [-0.2, -0.15) is 0 Å². The lowest BCUT2D eigenvalue weighted by molar-refractivity contribution is -0.138. The molecule has 0 fully saturated rings. The summed E-state index contributed by atoms with van der Waals surface area (Å²) >= 11 is 0. The maximum absolute atomic E-state index is 12.7. The van der Waals surface area contributed by atoms with Crippen molar-refractivity contribution >= 4 is 11.8 Å². The molecule has 0 saturated carbocycles. The number of carboxylic acids is 1. The van der Waals surface area contributed by atoms with Crippen LogP contribution in [0.4, 0.5) is 4.39 Å². The predicted octanol–water partition coefficient (Wildman–Crippen LogP) is 0.810. The summed E-state index contributed by atoms with van der Waals surface area (Å²) in [5.74, 6) is -2.27. The zero-order chi connectivity index (χ0) is 11.4. The van der Waals surface area contributed by atoms with E-state index in [1.807, 2.05) is 0 Å². The molecule has 0 aliphatic rings. The minimum absolute atomic E-state index is 0.131. The van der Waals surface area contributed by atoms with Gasteiger partial charge in [-0.1, -0.05) is 12.1 Å². The molecule has 1 aromatic rings. The molecule has 1 rings (SSSR count). The average Bonchev–Trinajstić information content (AvgIpc) is 2.17. The van der Waals surface area contributed by atoms with Gasteiger partial charge in [0, 0.05) is 12.0 Å². The summed E-state index contributed by atoms with van der Waals surface area (Å²) in [6.45, 7) is 0. The first-order valence-electron chi connectivity index (χ1n) is 4.28. The van der Waals surface area contributed by atoms with Crippen LogP contribution < -0.4 is 5.73 Å². The topological polar surface area (TPSA) is 80.4 Å². The maximum atomic E-state index is 12.7. The normalized spacial score (nSPS) is 12.1. The Morgan fingerprint density at radius 1 is 1.47 bits per heavy atom. The van der Waals surface area contributed by atoms with E-state index in [0.29, 0.717) is 0 Å². The van der Waals surface area contributed by atoms with Crippen molar-refractivity contribution in [2.45, 2.75) is 12.5 Å². The summed E-state index contributed by atoms with van der Waals surface area (Å²) in [4.78, 5) is 21.8. The van der Waals surface area contributed by atoms with Gasteiger partial charge in [0.05, 0.1) is 0 Å². The molecule has 0 radical (unpaired) electrons. The first kappa shape index (κ1) is 11.3. The fraction of sp³-hybridized carbons (Fsp3) is 0.200. The molecule has 4 nitrogen and oxygen atoms in total. The van der Waals surface area contributed by atoms with Gasteiger partial charge in [0.1, 0.15) is 11.9 Å². The summed E-state index contributed by atoms with van der Waals surface area (Å²) in [6.07, 6.45) is -0.335. The van der Waals surface area contributed by atoms with E-state index in [1.54, 1.807) is 0 Å². The van der Waals surface area contributed by atoms with Crippen molar-refractivity contribution in [3.8, 4) is 0 Å². The number of benzene rings is 1. The molecular formula is C10H10FNO3. The molecular weight excluding hydrogens is 201 g/mol. The number of Topliss-reactive ketones (excluding diaryl/α,β-unsaturated/α-hetero) is 1. The van der Waals surface area contributed by atoms with E-state index in [4.69, 9.17) is 10.8 Å². The number of ketones is 1. The number of hydrogen-bond donors (Lipinski definition) is 2. The number of hydrogen-bond acceptors (Lipinski definition) is 3. The Balaban J connectivity index is 2.73. The molecule has 0 bridgehead atoms. The van der Waals surface area contributed by atoms with Crippen LogP contribution >= 0.6 is 0 Å². The van der Waals surface area contributed by atoms with Crippen molar-refractivity contribution in [2.75, 3.05) is 0 Å². The average molecular weight is 211 g/mol. The molecule has 0 aromatic heterocycles. The number of carbonyl (C=O) groups excluding carboxylic acids is 1. The van der Waals surface area contributed by atoms with Crippen LogP contribution in [0.2, 0.25) is 0 Å². The molecule has 0 saturated heterocycles. The lowest BCUT2D eigenvalue weighted by Gasteiger charge is -2.05. The van der Waals surface area contributed by atoms with Gasteiger partial charge in [-0.25, -0.2) is 4.39 Å². The minimum Gasteiger partial charge on any atom is -0.480 e. The first-order chi connectivity index (χ1) is 7.00. The third-order valence-corrected chi connectivity index (χ3v) is 1.87. The summed E-state index contributed by atoms with van der Waals surface area (Å²) in [7, 11) is 0. The van der Waals surface area contributed by atoms with Gasteiger partial charge in [-0.05, 0) is 12.1 Å². The lowest BCUT2D eigenvalue weighted by Crippen LogP contribution is -2.32. The van der Waals surface area contributed by atoms with Crippen molar-refractivity contribution in [2.24, 2.45) is 5.73 Å². The summed E-state index contributed by atoms with van der Waals surface area (Å²) in [5.41, 5.74) is 5.31.